The van der Waals surface area contributed by atoms with E-state index in [2.05, 4.69) is 34.2 Å². The molecule has 0 atom stereocenters. The van der Waals surface area contributed by atoms with E-state index in [1.54, 1.807) is 7.11 Å². The van der Waals surface area contributed by atoms with Gasteiger partial charge in [-0.25, -0.2) is 0 Å². The number of nitrogens with one attached hydrogen (secondary N) is 1. The molecule has 3 aliphatic rings. The SMILES string of the molecule is COc1ccc2cn(C3CCC(CN(C)C4CCC5(CCNCC5)CC4)CC3)nc2c1. The van der Waals surface area contributed by atoms with Crippen molar-refractivity contribution in [2.75, 3.05) is 33.8 Å². The summed E-state index contributed by atoms with van der Waals surface area (Å²) >= 11 is 0. The molecule has 170 valence electrons. The number of hydrogen-bond donors (Lipinski definition) is 1. The number of fused-ring (bicyclic) bond motifs is 1. The molecule has 0 radical (unpaired) electrons. The van der Waals surface area contributed by atoms with E-state index in [-0.39, 0.29) is 0 Å². The summed E-state index contributed by atoms with van der Waals surface area (Å²) in [5.74, 6) is 1.74. The number of benzene rings is 1. The summed E-state index contributed by atoms with van der Waals surface area (Å²) in [6.07, 6.45) is 15.9. The molecule has 2 aliphatic carbocycles. The molecule has 1 saturated heterocycles. The van der Waals surface area contributed by atoms with Crippen LogP contribution in [0.25, 0.3) is 10.9 Å². The minimum atomic E-state index is 0.550. The zero-order valence-corrected chi connectivity index (χ0v) is 19.5. The van der Waals surface area contributed by atoms with Crippen molar-refractivity contribution in [3.8, 4) is 5.75 Å². The van der Waals surface area contributed by atoms with Crippen LogP contribution in [0.15, 0.2) is 24.4 Å². The summed E-state index contributed by atoms with van der Waals surface area (Å²) in [6, 6.07) is 7.55. The van der Waals surface area contributed by atoms with Crippen molar-refractivity contribution in [3.63, 3.8) is 0 Å². The van der Waals surface area contributed by atoms with Gasteiger partial charge in [-0.1, -0.05) is 0 Å². The van der Waals surface area contributed by atoms with Crippen LogP contribution >= 0.6 is 0 Å². The average Bonchev–Trinajstić information content (AvgIpc) is 3.24. The van der Waals surface area contributed by atoms with E-state index in [0.717, 1.165) is 23.2 Å². The van der Waals surface area contributed by atoms with Gasteiger partial charge in [0, 0.05) is 30.2 Å². The molecule has 0 unspecified atom stereocenters. The van der Waals surface area contributed by atoms with Gasteiger partial charge in [0.15, 0.2) is 0 Å². The predicted molar refractivity (Wildman–Crippen MR) is 127 cm³/mol. The van der Waals surface area contributed by atoms with Gasteiger partial charge in [-0.3, -0.25) is 4.68 Å². The first-order valence-electron chi connectivity index (χ1n) is 12.6. The van der Waals surface area contributed by atoms with E-state index >= 15 is 0 Å². The average molecular weight is 425 g/mol. The van der Waals surface area contributed by atoms with Crippen LogP contribution in [0.4, 0.5) is 0 Å². The zero-order valence-electron chi connectivity index (χ0n) is 19.5. The summed E-state index contributed by atoms with van der Waals surface area (Å²) in [4.78, 5) is 2.72. The Kier molecular flexibility index (Phi) is 6.25. The van der Waals surface area contributed by atoms with Gasteiger partial charge in [0.2, 0.25) is 0 Å². The Morgan fingerprint density at radius 2 is 1.81 bits per heavy atom. The van der Waals surface area contributed by atoms with Crippen molar-refractivity contribution in [3.05, 3.63) is 24.4 Å². The summed E-state index contributed by atoms with van der Waals surface area (Å²) in [7, 11) is 4.11. The molecule has 2 aromatic rings. The fourth-order valence-corrected chi connectivity index (χ4v) is 6.59. The third-order valence-corrected chi connectivity index (χ3v) is 8.77. The van der Waals surface area contributed by atoms with Crippen molar-refractivity contribution >= 4 is 10.9 Å². The maximum absolute atomic E-state index is 5.35. The number of methoxy groups -OCH3 is 1. The van der Waals surface area contributed by atoms with Crippen molar-refractivity contribution in [2.45, 2.75) is 76.3 Å². The minimum absolute atomic E-state index is 0.550. The number of rotatable bonds is 5. The topological polar surface area (TPSA) is 42.3 Å². The first-order chi connectivity index (χ1) is 15.1. The first-order valence-corrected chi connectivity index (χ1v) is 12.6. The molecule has 3 fully saturated rings. The number of aromatic nitrogens is 2. The minimum Gasteiger partial charge on any atom is -0.497 e. The summed E-state index contributed by atoms with van der Waals surface area (Å²) in [5.41, 5.74) is 1.72. The van der Waals surface area contributed by atoms with Gasteiger partial charge in [0.05, 0.1) is 18.7 Å². The molecular formula is C26H40N4O. The lowest BCUT2D eigenvalue weighted by atomic mass is 9.67. The lowest BCUT2D eigenvalue weighted by Gasteiger charge is -2.45. The molecule has 1 N–H and O–H groups in total. The smallest absolute Gasteiger partial charge is 0.121 e. The molecule has 2 heterocycles. The van der Waals surface area contributed by atoms with Gasteiger partial charge in [0.25, 0.3) is 0 Å². The molecule has 2 saturated carbocycles. The fourth-order valence-electron chi connectivity index (χ4n) is 6.59. The van der Waals surface area contributed by atoms with Crippen molar-refractivity contribution < 1.29 is 4.74 Å². The van der Waals surface area contributed by atoms with Crippen LogP contribution in [0.2, 0.25) is 0 Å². The normalized spacial score (nSPS) is 27.2. The largest absolute Gasteiger partial charge is 0.497 e. The molecule has 5 nitrogen and oxygen atoms in total. The third-order valence-electron chi connectivity index (χ3n) is 8.77. The van der Waals surface area contributed by atoms with Crippen LogP contribution < -0.4 is 10.1 Å². The number of ether oxygens (including phenoxy) is 1. The Hall–Kier alpha value is -1.59. The second kappa shape index (κ2) is 9.11. The van der Waals surface area contributed by atoms with Crippen molar-refractivity contribution in [1.29, 1.82) is 0 Å². The van der Waals surface area contributed by atoms with Gasteiger partial charge < -0.3 is 15.0 Å². The van der Waals surface area contributed by atoms with Crippen LogP contribution in [-0.2, 0) is 0 Å². The molecule has 1 aromatic carbocycles. The van der Waals surface area contributed by atoms with E-state index in [0.29, 0.717) is 11.5 Å². The highest BCUT2D eigenvalue weighted by atomic mass is 16.5. The molecular weight excluding hydrogens is 384 g/mol. The standard InChI is InChI=1S/C26H40N4O/c1-29(22-9-11-26(12-10-22)13-15-27-16-14-26)18-20-3-6-23(7-4-20)30-19-21-5-8-24(31-2)17-25(21)28-30/h5,8,17,19-20,22-23,27H,3-4,6-7,9-16,18H2,1-2H3. The monoisotopic (exact) mass is 424 g/mol. The molecule has 31 heavy (non-hydrogen) atoms. The van der Waals surface area contributed by atoms with Gasteiger partial charge in [0.1, 0.15) is 5.75 Å². The summed E-state index contributed by atoms with van der Waals surface area (Å²) in [6.45, 7) is 3.76. The second-order valence-electron chi connectivity index (χ2n) is 10.6. The van der Waals surface area contributed by atoms with Crippen LogP contribution in [0.5, 0.6) is 5.75 Å². The lowest BCUT2D eigenvalue weighted by molar-refractivity contribution is 0.0653. The molecule has 1 spiro atoms. The molecule has 0 amide bonds. The van der Waals surface area contributed by atoms with Gasteiger partial charge in [-0.05, 0) is 108 Å². The van der Waals surface area contributed by atoms with Gasteiger partial charge in [-0.2, -0.15) is 5.10 Å². The zero-order chi connectivity index (χ0) is 21.3. The Morgan fingerprint density at radius 3 is 2.52 bits per heavy atom. The predicted octanol–water partition coefficient (Wildman–Crippen LogP) is 5.02. The van der Waals surface area contributed by atoms with Crippen LogP contribution in [0.1, 0.15) is 70.3 Å². The van der Waals surface area contributed by atoms with E-state index < -0.39 is 0 Å². The Balaban J connectivity index is 1.11. The van der Waals surface area contributed by atoms with Crippen molar-refractivity contribution in [1.82, 2.24) is 20.0 Å². The summed E-state index contributed by atoms with van der Waals surface area (Å²) in [5, 5.41) is 9.63. The summed E-state index contributed by atoms with van der Waals surface area (Å²) < 4.78 is 7.58. The van der Waals surface area contributed by atoms with Gasteiger partial charge >= 0.3 is 0 Å². The van der Waals surface area contributed by atoms with E-state index in [9.17, 15) is 0 Å². The third kappa shape index (κ3) is 4.63. The van der Waals surface area contributed by atoms with Crippen LogP contribution in [-0.4, -0.2) is 54.5 Å². The Morgan fingerprint density at radius 1 is 1.06 bits per heavy atom. The molecule has 0 bridgehead atoms. The second-order valence-corrected chi connectivity index (χ2v) is 10.6. The maximum atomic E-state index is 5.35. The van der Waals surface area contributed by atoms with E-state index in [1.807, 2.05) is 12.1 Å². The quantitative estimate of drug-likeness (QED) is 0.732. The van der Waals surface area contributed by atoms with E-state index in [1.165, 1.54) is 89.2 Å². The van der Waals surface area contributed by atoms with Gasteiger partial charge in [-0.15, -0.1) is 0 Å². The highest BCUT2D eigenvalue weighted by molar-refractivity contribution is 5.79. The van der Waals surface area contributed by atoms with Crippen molar-refractivity contribution in [2.24, 2.45) is 11.3 Å². The van der Waals surface area contributed by atoms with E-state index in [4.69, 9.17) is 9.84 Å². The number of piperidine rings is 1. The molecule has 1 aliphatic heterocycles. The van der Waals surface area contributed by atoms with Crippen LogP contribution in [0, 0.1) is 11.3 Å². The fraction of sp³-hybridized carbons (Fsp3) is 0.731. The molecule has 5 heteroatoms. The Labute approximate surface area is 187 Å². The highest BCUT2D eigenvalue weighted by Crippen LogP contribution is 2.44. The molecule has 1 aromatic heterocycles. The number of nitrogens with zero attached hydrogens (tertiary/aromatic N) is 3. The number of hydrogen-bond acceptors (Lipinski definition) is 4. The first kappa shape index (κ1) is 21.3. The Bertz CT molecular complexity index is 853. The highest BCUT2D eigenvalue weighted by Gasteiger charge is 2.37. The maximum Gasteiger partial charge on any atom is 0.121 e. The molecule has 5 rings (SSSR count). The lowest BCUT2D eigenvalue weighted by Crippen LogP contribution is -2.44. The van der Waals surface area contributed by atoms with Crippen LogP contribution in [0.3, 0.4) is 0 Å².